The predicted octanol–water partition coefficient (Wildman–Crippen LogP) is 0.287. The van der Waals surface area contributed by atoms with Gasteiger partial charge >= 0.3 is 11.6 Å². The minimum absolute atomic E-state index is 0.569. The van der Waals surface area contributed by atoms with Gasteiger partial charge < -0.3 is 5.11 Å². The summed E-state index contributed by atoms with van der Waals surface area (Å²) in [6.45, 7) is 3.73. The highest BCUT2D eigenvalue weighted by molar-refractivity contribution is 5.85. The number of rotatable bonds is 5. The Morgan fingerprint density at radius 2 is 1.79 bits per heavy atom. The lowest BCUT2D eigenvalue weighted by molar-refractivity contribution is -0.791. The second-order valence-corrected chi connectivity index (χ2v) is 2.82. The number of carboxylic acids is 1. The first-order valence-corrected chi connectivity index (χ1v) is 3.42. The topological polar surface area (TPSA) is 124 Å². The predicted molar refractivity (Wildman–Crippen MR) is 43.8 cm³/mol. The van der Waals surface area contributed by atoms with Gasteiger partial charge in [-0.15, -0.1) is 0 Å². The van der Waals surface area contributed by atoms with Gasteiger partial charge in [-0.3, -0.25) is 20.2 Å². The van der Waals surface area contributed by atoms with E-state index in [0.717, 1.165) is 6.92 Å². The second-order valence-electron chi connectivity index (χ2n) is 2.82. The fraction of sp³-hybridized carbons (Fsp3) is 0.500. The molecule has 0 atom stereocenters. The standard InChI is InChI=1S/C6H8N2O6/c1-4(5(9)10)3-6(2,7(11)12)8(13)14/h1,3H2,2H3,(H,9,10). The molecule has 0 aliphatic carbocycles. The minimum Gasteiger partial charge on any atom is -0.478 e. The Balaban J connectivity index is 4.89. The van der Waals surface area contributed by atoms with Gasteiger partial charge in [0.2, 0.25) is 0 Å². The maximum atomic E-state index is 10.4. The summed E-state index contributed by atoms with van der Waals surface area (Å²) in [5, 5.41) is 29.1. The third kappa shape index (κ3) is 2.25. The summed E-state index contributed by atoms with van der Waals surface area (Å²) in [6, 6.07) is 0. The van der Waals surface area contributed by atoms with E-state index < -0.39 is 33.5 Å². The maximum Gasteiger partial charge on any atom is 0.460 e. The fourth-order valence-corrected chi connectivity index (χ4v) is 0.676. The van der Waals surface area contributed by atoms with Gasteiger partial charge in [-0.2, -0.15) is 0 Å². The second kappa shape index (κ2) is 3.81. The number of hydrogen-bond acceptors (Lipinski definition) is 5. The number of carboxylic acid groups (broad SMARTS) is 1. The molecular formula is C6H8N2O6. The van der Waals surface area contributed by atoms with Crippen LogP contribution in [0.5, 0.6) is 0 Å². The fourth-order valence-electron chi connectivity index (χ4n) is 0.676. The highest BCUT2D eigenvalue weighted by atomic mass is 16.7. The molecule has 14 heavy (non-hydrogen) atoms. The molecular weight excluding hydrogens is 196 g/mol. The lowest BCUT2D eigenvalue weighted by Gasteiger charge is -2.11. The van der Waals surface area contributed by atoms with Crippen molar-refractivity contribution in [1.29, 1.82) is 0 Å². The Labute approximate surface area is 78.1 Å². The first kappa shape index (κ1) is 12.0. The first-order valence-electron chi connectivity index (χ1n) is 3.42. The highest BCUT2D eigenvalue weighted by Crippen LogP contribution is 2.19. The Kier molecular flexibility index (Phi) is 3.27. The Morgan fingerprint density at radius 3 is 2.00 bits per heavy atom. The molecule has 0 spiro atoms. The van der Waals surface area contributed by atoms with E-state index in [1.54, 1.807) is 0 Å². The van der Waals surface area contributed by atoms with Gasteiger partial charge in [0.1, 0.15) is 6.42 Å². The van der Waals surface area contributed by atoms with E-state index >= 15 is 0 Å². The van der Waals surface area contributed by atoms with Crippen molar-refractivity contribution in [3.63, 3.8) is 0 Å². The molecule has 0 amide bonds. The van der Waals surface area contributed by atoms with Crippen molar-refractivity contribution in [3.8, 4) is 0 Å². The Hall–Kier alpha value is -1.99. The van der Waals surface area contributed by atoms with Gasteiger partial charge in [-0.1, -0.05) is 6.58 Å². The van der Waals surface area contributed by atoms with E-state index in [9.17, 15) is 25.0 Å². The van der Waals surface area contributed by atoms with Gasteiger partial charge in [0.05, 0.1) is 16.8 Å². The Morgan fingerprint density at radius 1 is 1.43 bits per heavy atom. The van der Waals surface area contributed by atoms with Gasteiger partial charge in [-0.25, -0.2) is 4.79 Å². The lowest BCUT2D eigenvalue weighted by Crippen LogP contribution is -2.43. The van der Waals surface area contributed by atoms with Crippen molar-refractivity contribution in [1.82, 2.24) is 0 Å². The zero-order chi connectivity index (χ0) is 11.5. The largest absolute Gasteiger partial charge is 0.478 e. The molecule has 8 nitrogen and oxygen atoms in total. The third-order valence-corrected chi connectivity index (χ3v) is 1.64. The van der Waals surface area contributed by atoms with Crippen LogP contribution in [0.25, 0.3) is 0 Å². The van der Waals surface area contributed by atoms with Crippen molar-refractivity contribution in [3.05, 3.63) is 32.4 Å². The van der Waals surface area contributed by atoms with E-state index in [4.69, 9.17) is 5.11 Å². The monoisotopic (exact) mass is 204 g/mol. The molecule has 0 aromatic heterocycles. The molecule has 0 rings (SSSR count). The lowest BCUT2D eigenvalue weighted by atomic mass is 10.0. The van der Waals surface area contributed by atoms with Crippen LogP contribution in [0.1, 0.15) is 13.3 Å². The van der Waals surface area contributed by atoms with Crippen LogP contribution in [-0.4, -0.2) is 26.6 Å². The summed E-state index contributed by atoms with van der Waals surface area (Å²) in [5.41, 5.74) is -3.10. The first-order chi connectivity index (χ1) is 6.21. The molecule has 0 radical (unpaired) electrons. The van der Waals surface area contributed by atoms with Crippen molar-refractivity contribution in [2.24, 2.45) is 0 Å². The molecule has 78 valence electrons. The molecule has 0 bridgehead atoms. The van der Waals surface area contributed by atoms with Gasteiger partial charge in [0.25, 0.3) is 0 Å². The summed E-state index contributed by atoms with van der Waals surface area (Å²) < 4.78 is 0. The molecule has 0 aromatic rings. The SMILES string of the molecule is C=C(CC(C)([N+](=O)[O-])[N+](=O)[O-])C(=O)O. The van der Waals surface area contributed by atoms with E-state index in [2.05, 4.69) is 6.58 Å². The molecule has 0 unspecified atom stereocenters. The maximum absolute atomic E-state index is 10.4. The van der Waals surface area contributed by atoms with Crippen molar-refractivity contribution in [2.45, 2.75) is 19.0 Å². The molecule has 0 saturated heterocycles. The van der Waals surface area contributed by atoms with Crippen LogP contribution in [0.2, 0.25) is 0 Å². The zero-order valence-corrected chi connectivity index (χ0v) is 7.30. The van der Waals surface area contributed by atoms with Crippen LogP contribution in [0.15, 0.2) is 12.2 Å². The van der Waals surface area contributed by atoms with Crippen LogP contribution < -0.4 is 0 Å². The van der Waals surface area contributed by atoms with Crippen LogP contribution in [0.3, 0.4) is 0 Å². The molecule has 0 aromatic carbocycles. The quantitative estimate of drug-likeness (QED) is 0.297. The van der Waals surface area contributed by atoms with E-state index in [-0.39, 0.29) is 0 Å². The van der Waals surface area contributed by atoms with E-state index in [0.29, 0.717) is 0 Å². The average Bonchev–Trinajstić information content (AvgIpc) is 2.02. The summed E-state index contributed by atoms with van der Waals surface area (Å²) >= 11 is 0. The normalized spacial score (nSPS) is 10.6. The summed E-state index contributed by atoms with van der Waals surface area (Å²) in [6.07, 6.45) is -0.831. The van der Waals surface area contributed by atoms with E-state index in [1.807, 2.05) is 0 Å². The molecule has 0 fully saturated rings. The van der Waals surface area contributed by atoms with Gasteiger partial charge in [0, 0.05) is 5.57 Å². The summed E-state index contributed by atoms with van der Waals surface area (Å²) in [5.74, 6) is -1.49. The van der Waals surface area contributed by atoms with Crippen molar-refractivity contribution in [2.75, 3.05) is 0 Å². The van der Waals surface area contributed by atoms with Crippen LogP contribution in [0, 0.1) is 20.2 Å². The van der Waals surface area contributed by atoms with Crippen molar-refractivity contribution < 1.29 is 19.7 Å². The Bertz CT molecular complexity index is 295. The smallest absolute Gasteiger partial charge is 0.460 e. The van der Waals surface area contributed by atoms with Crippen LogP contribution in [-0.2, 0) is 4.79 Å². The minimum atomic E-state index is -2.53. The molecule has 0 saturated carbocycles. The van der Waals surface area contributed by atoms with Gasteiger partial charge in [-0.05, 0) is 0 Å². The van der Waals surface area contributed by atoms with Crippen LogP contribution >= 0.6 is 0 Å². The summed E-state index contributed by atoms with van der Waals surface area (Å²) in [4.78, 5) is 28.7. The highest BCUT2D eigenvalue weighted by Gasteiger charge is 2.51. The molecule has 0 aliphatic heterocycles. The molecule has 0 aliphatic rings. The van der Waals surface area contributed by atoms with E-state index in [1.165, 1.54) is 0 Å². The summed E-state index contributed by atoms with van der Waals surface area (Å²) in [7, 11) is 0. The molecule has 8 heteroatoms. The third-order valence-electron chi connectivity index (χ3n) is 1.64. The molecule has 0 heterocycles. The molecule has 1 N–H and O–H groups in total. The van der Waals surface area contributed by atoms with Crippen LogP contribution in [0.4, 0.5) is 0 Å². The number of nitro groups is 2. The van der Waals surface area contributed by atoms with Crippen molar-refractivity contribution >= 4 is 5.97 Å². The number of carbonyl (C=O) groups is 1. The zero-order valence-electron chi connectivity index (χ0n) is 7.30. The van der Waals surface area contributed by atoms with Gasteiger partial charge in [0.15, 0.2) is 0 Å². The number of hydrogen-bond donors (Lipinski definition) is 1. The number of nitrogens with zero attached hydrogens (tertiary/aromatic N) is 2. The average molecular weight is 204 g/mol. The number of aliphatic carboxylic acids is 1.